The molecule has 0 bridgehead atoms. The highest BCUT2D eigenvalue weighted by atomic mass is 16.1. The molecule has 116 valence electrons. The first-order chi connectivity index (χ1) is 10.5. The second-order valence-electron chi connectivity index (χ2n) is 5.37. The van der Waals surface area contributed by atoms with Crippen molar-refractivity contribution in [2.75, 3.05) is 11.1 Å². The Balaban J connectivity index is 1.74. The van der Waals surface area contributed by atoms with Crippen LogP contribution in [-0.2, 0) is 11.3 Å². The van der Waals surface area contributed by atoms with Gasteiger partial charge in [0.15, 0.2) is 0 Å². The Hall–Kier alpha value is -2.56. The molecule has 0 spiro atoms. The van der Waals surface area contributed by atoms with Gasteiger partial charge in [0.05, 0.1) is 0 Å². The molecule has 0 radical (unpaired) electrons. The minimum Gasteiger partial charge on any atom is -0.399 e. The highest BCUT2D eigenvalue weighted by Gasteiger charge is 2.03. The minimum atomic E-state index is -0.0400. The SMILES string of the molecule is Cc1ccn(CCCCC(=O)Nc2cccc(N)c2)c(=O)c1. The fourth-order valence-electron chi connectivity index (χ4n) is 2.20. The molecular formula is C17H21N3O2. The Morgan fingerprint density at radius 1 is 1.23 bits per heavy atom. The van der Waals surface area contributed by atoms with Gasteiger partial charge >= 0.3 is 0 Å². The van der Waals surface area contributed by atoms with Gasteiger partial charge in [0.2, 0.25) is 5.91 Å². The van der Waals surface area contributed by atoms with E-state index in [1.165, 1.54) is 0 Å². The third-order valence-electron chi connectivity index (χ3n) is 3.37. The predicted molar refractivity (Wildman–Crippen MR) is 88.8 cm³/mol. The second-order valence-corrected chi connectivity index (χ2v) is 5.37. The summed E-state index contributed by atoms with van der Waals surface area (Å²) in [5, 5.41) is 2.81. The van der Waals surface area contributed by atoms with Crippen molar-refractivity contribution < 1.29 is 4.79 Å². The van der Waals surface area contributed by atoms with E-state index in [-0.39, 0.29) is 11.5 Å². The molecule has 2 aromatic rings. The van der Waals surface area contributed by atoms with Crippen LogP contribution in [0.25, 0.3) is 0 Å². The van der Waals surface area contributed by atoms with Gasteiger partial charge in [0.25, 0.3) is 5.56 Å². The van der Waals surface area contributed by atoms with E-state index in [0.717, 1.165) is 18.4 Å². The molecule has 0 aliphatic carbocycles. The molecule has 22 heavy (non-hydrogen) atoms. The van der Waals surface area contributed by atoms with E-state index in [4.69, 9.17) is 5.73 Å². The van der Waals surface area contributed by atoms with Gasteiger partial charge in [-0.25, -0.2) is 0 Å². The number of aryl methyl sites for hydroxylation is 2. The van der Waals surface area contributed by atoms with E-state index >= 15 is 0 Å². The van der Waals surface area contributed by atoms with Crippen molar-refractivity contribution in [1.29, 1.82) is 0 Å². The van der Waals surface area contributed by atoms with E-state index in [2.05, 4.69) is 5.32 Å². The summed E-state index contributed by atoms with van der Waals surface area (Å²) in [5.74, 6) is -0.0400. The molecule has 5 heteroatoms. The van der Waals surface area contributed by atoms with Crippen molar-refractivity contribution in [3.63, 3.8) is 0 Å². The zero-order valence-corrected chi connectivity index (χ0v) is 12.7. The Morgan fingerprint density at radius 3 is 2.77 bits per heavy atom. The molecule has 0 unspecified atom stereocenters. The lowest BCUT2D eigenvalue weighted by molar-refractivity contribution is -0.116. The van der Waals surface area contributed by atoms with Crippen LogP contribution in [0.2, 0.25) is 0 Å². The number of nitrogens with two attached hydrogens (primary N) is 1. The lowest BCUT2D eigenvalue weighted by Gasteiger charge is -2.07. The lowest BCUT2D eigenvalue weighted by Crippen LogP contribution is -2.19. The maximum atomic E-state index is 11.8. The van der Waals surface area contributed by atoms with Gasteiger partial charge in [-0.15, -0.1) is 0 Å². The molecule has 0 aliphatic rings. The molecule has 0 aliphatic heterocycles. The molecule has 5 nitrogen and oxygen atoms in total. The normalized spacial score (nSPS) is 10.4. The molecule has 0 saturated carbocycles. The number of hydrogen-bond donors (Lipinski definition) is 2. The van der Waals surface area contributed by atoms with Crippen molar-refractivity contribution in [1.82, 2.24) is 4.57 Å². The molecule has 2 rings (SSSR count). The average molecular weight is 299 g/mol. The summed E-state index contributed by atoms with van der Waals surface area (Å²) in [5.41, 5.74) is 7.96. The molecule has 1 aromatic heterocycles. The van der Waals surface area contributed by atoms with Crippen molar-refractivity contribution in [2.45, 2.75) is 32.7 Å². The van der Waals surface area contributed by atoms with E-state index < -0.39 is 0 Å². The summed E-state index contributed by atoms with van der Waals surface area (Å²) >= 11 is 0. The van der Waals surface area contributed by atoms with Gasteiger partial charge < -0.3 is 15.6 Å². The van der Waals surface area contributed by atoms with Gasteiger partial charge in [0.1, 0.15) is 0 Å². The Kier molecular flexibility index (Phi) is 5.36. The van der Waals surface area contributed by atoms with Gasteiger partial charge in [0, 0.05) is 36.6 Å². The number of anilines is 2. The summed E-state index contributed by atoms with van der Waals surface area (Å²) in [4.78, 5) is 23.5. The van der Waals surface area contributed by atoms with Crippen molar-refractivity contribution in [3.05, 3.63) is 58.5 Å². The molecule has 1 heterocycles. The van der Waals surface area contributed by atoms with Crippen LogP contribution in [0.5, 0.6) is 0 Å². The van der Waals surface area contributed by atoms with Crippen LogP contribution < -0.4 is 16.6 Å². The monoisotopic (exact) mass is 299 g/mol. The Bertz CT molecular complexity index is 707. The minimum absolute atomic E-state index is 0.00390. The summed E-state index contributed by atoms with van der Waals surface area (Å²) in [7, 11) is 0. The van der Waals surface area contributed by atoms with Crippen LogP contribution in [-0.4, -0.2) is 10.5 Å². The van der Waals surface area contributed by atoms with Crippen molar-refractivity contribution >= 4 is 17.3 Å². The zero-order chi connectivity index (χ0) is 15.9. The van der Waals surface area contributed by atoms with Gasteiger partial charge in [-0.2, -0.15) is 0 Å². The number of carbonyl (C=O) groups excluding carboxylic acids is 1. The topological polar surface area (TPSA) is 77.1 Å². The van der Waals surface area contributed by atoms with Crippen LogP contribution >= 0.6 is 0 Å². The lowest BCUT2D eigenvalue weighted by atomic mass is 10.2. The number of aromatic nitrogens is 1. The van der Waals surface area contributed by atoms with Gasteiger partial charge in [-0.3, -0.25) is 9.59 Å². The quantitative estimate of drug-likeness (QED) is 0.635. The van der Waals surface area contributed by atoms with Crippen LogP contribution in [0.15, 0.2) is 47.4 Å². The van der Waals surface area contributed by atoms with E-state index in [1.807, 2.05) is 13.0 Å². The number of unbranched alkanes of at least 4 members (excludes halogenated alkanes) is 1. The molecule has 3 N–H and O–H groups in total. The maximum Gasteiger partial charge on any atom is 0.250 e. The number of nitrogens with one attached hydrogen (secondary N) is 1. The third kappa shape index (κ3) is 4.77. The maximum absolute atomic E-state index is 11.8. The first-order valence-corrected chi connectivity index (χ1v) is 7.37. The van der Waals surface area contributed by atoms with Crippen molar-refractivity contribution in [2.24, 2.45) is 0 Å². The van der Waals surface area contributed by atoms with Crippen LogP contribution in [0.1, 0.15) is 24.8 Å². The van der Waals surface area contributed by atoms with Crippen molar-refractivity contribution in [3.8, 4) is 0 Å². The van der Waals surface area contributed by atoms with Gasteiger partial charge in [-0.05, 0) is 49.6 Å². The fourth-order valence-corrected chi connectivity index (χ4v) is 2.20. The molecular weight excluding hydrogens is 278 g/mol. The van der Waals surface area contributed by atoms with Gasteiger partial charge in [-0.1, -0.05) is 6.07 Å². The number of benzene rings is 1. The fraction of sp³-hybridized carbons (Fsp3) is 0.294. The first kappa shape index (κ1) is 15.8. The van der Waals surface area contributed by atoms with E-state index in [1.54, 1.807) is 41.1 Å². The summed E-state index contributed by atoms with van der Waals surface area (Å²) in [6.45, 7) is 2.52. The summed E-state index contributed by atoms with van der Waals surface area (Å²) in [6.07, 6.45) is 3.74. The average Bonchev–Trinajstić information content (AvgIpc) is 2.45. The number of pyridine rings is 1. The van der Waals surface area contributed by atoms with E-state index in [9.17, 15) is 9.59 Å². The highest BCUT2D eigenvalue weighted by molar-refractivity contribution is 5.91. The largest absolute Gasteiger partial charge is 0.399 e. The predicted octanol–water partition coefficient (Wildman–Crippen LogP) is 2.55. The molecule has 1 aromatic carbocycles. The molecule has 0 saturated heterocycles. The number of amides is 1. The Morgan fingerprint density at radius 2 is 2.05 bits per heavy atom. The standard InChI is InChI=1S/C17H21N3O2/c1-13-8-10-20(17(22)11-13)9-3-2-7-16(21)19-15-6-4-5-14(18)12-15/h4-6,8,10-12H,2-3,7,9,18H2,1H3,(H,19,21). The number of nitrogens with zero attached hydrogens (tertiary/aromatic N) is 1. The number of rotatable bonds is 6. The number of hydrogen-bond acceptors (Lipinski definition) is 3. The van der Waals surface area contributed by atoms with Crippen LogP contribution in [0.3, 0.4) is 0 Å². The summed E-state index contributed by atoms with van der Waals surface area (Å²) in [6, 6.07) is 10.6. The Labute approximate surface area is 129 Å². The first-order valence-electron chi connectivity index (χ1n) is 7.37. The van der Waals surface area contributed by atoms with Crippen LogP contribution in [0.4, 0.5) is 11.4 Å². The van der Waals surface area contributed by atoms with E-state index in [0.29, 0.717) is 24.3 Å². The third-order valence-corrected chi connectivity index (χ3v) is 3.37. The smallest absolute Gasteiger partial charge is 0.250 e. The summed E-state index contributed by atoms with van der Waals surface area (Å²) < 4.78 is 1.67. The second kappa shape index (κ2) is 7.45. The molecule has 0 atom stereocenters. The molecule has 1 amide bonds. The van der Waals surface area contributed by atoms with Crippen LogP contribution in [0, 0.1) is 6.92 Å². The number of carbonyl (C=O) groups is 1. The number of nitrogen functional groups attached to an aromatic ring is 1. The molecule has 0 fully saturated rings. The highest BCUT2D eigenvalue weighted by Crippen LogP contribution is 2.12. The zero-order valence-electron chi connectivity index (χ0n) is 12.7.